The molecular formula is C30H26F4N4O4. The van der Waals surface area contributed by atoms with Gasteiger partial charge in [-0.2, -0.15) is 18.2 Å². The first kappa shape index (κ1) is 26.5. The first-order valence-electron chi connectivity index (χ1n) is 13.8. The second-order valence-electron chi connectivity index (χ2n) is 11.1. The number of oxazole rings is 1. The summed E-state index contributed by atoms with van der Waals surface area (Å²) in [6.07, 6.45) is -0.949. The average Bonchev–Trinajstić information content (AvgIpc) is 3.87. The Labute approximate surface area is 237 Å². The van der Waals surface area contributed by atoms with Crippen molar-refractivity contribution in [2.24, 2.45) is 5.92 Å². The molecule has 0 radical (unpaired) electrons. The molecule has 0 saturated heterocycles. The maximum absolute atomic E-state index is 14.0. The van der Waals surface area contributed by atoms with Crippen LogP contribution in [0.3, 0.4) is 0 Å². The molecule has 2 aliphatic carbocycles. The number of carbonyl (C=O) groups is 1. The van der Waals surface area contributed by atoms with Crippen molar-refractivity contribution in [2.75, 3.05) is 18.9 Å². The van der Waals surface area contributed by atoms with Crippen LogP contribution in [0.25, 0.3) is 22.4 Å². The fraction of sp³-hybridized carbons (Fsp3) is 0.367. The minimum Gasteiger partial charge on any atom is -0.490 e. The number of hydrogen-bond acceptors (Lipinski definition) is 7. The summed E-state index contributed by atoms with van der Waals surface area (Å²) in [5, 5.41) is 2.93. The molecule has 0 spiro atoms. The third kappa shape index (κ3) is 5.10. The van der Waals surface area contributed by atoms with E-state index in [1.807, 2.05) is 0 Å². The van der Waals surface area contributed by atoms with Crippen molar-refractivity contribution >= 4 is 23.0 Å². The molecule has 2 atom stereocenters. The molecule has 1 aliphatic heterocycles. The number of alkyl halides is 3. The fourth-order valence-corrected chi connectivity index (χ4v) is 5.42. The van der Waals surface area contributed by atoms with Crippen LogP contribution in [0.5, 0.6) is 11.5 Å². The molecule has 42 heavy (non-hydrogen) atoms. The smallest absolute Gasteiger partial charge is 0.399 e. The van der Waals surface area contributed by atoms with Gasteiger partial charge >= 0.3 is 6.18 Å². The molecule has 12 heteroatoms. The molecule has 7 rings (SSSR count). The third-order valence-corrected chi connectivity index (χ3v) is 7.91. The van der Waals surface area contributed by atoms with Crippen LogP contribution in [0.2, 0.25) is 0 Å². The van der Waals surface area contributed by atoms with Gasteiger partial charge in [0.05, 0.1) is 6.10 Å². The van der Waals surface area contributed by atoms with Gasteiger partial charge in [0, 0.05) is 34.8 Å². The Kier molecular flexibility index (Phi) is 6.25. The molecule has 3 N–H and O–H groups in total. The Morgan fingerprint density at radius 3 is 2.55 bits per heavy atom. The number of amides is 1. The summed E-state index contributed by atoms with van der Waals surface area (Å²) in [6, 6.07) is 9.92. The van der Waals surface area contributed by atoms with Crippen molar-refractivity contribution < 1.29 is 36.2 Å². The topological polar surface area (TPSA) is 113 Å². The van der Waals surface area contributed by atoms with Crippen LogP contribution < -0.4 is 20.5 Å². The van der Waals surface area contributed by atoms with Gasteiger partial charge in [0.1, 0.15) is 35.5 Å². The van der Waals surface area contributed by atoms with Crippen LogP contribution in [0.15, 0.2) is 46.9 Å². The SMILES string of the molecule is Nc1nc2c(OC3CC3)cc(C(=O)NC[C@H](c3cc4c(c(-c5ccc(F)cc5)n3)OC[C@H]4C(F)(F)F)C3CC3)cc2o1. The number of ether oxygens (including phenoxy) is 2. The molecule has 8 nitrogen and oxygen atoms in total. The van der Waals surface area contributed by atoms with E-state index >= 15 is 0 Å². The van der Waals surface area contributed by atoms with Gasteiger partial charge in [-0.05, 0) is 74.1 Å². The van der Waals surface area contributed by atoms with Crippen LogP contribution in [0.1, 0.15) is 59.1 Å². The van der Waals surface area contributed by atoms with Gasteiger partial charge in [0.2, 0.25) is 0 Å². The lowest BCUT2D eigenvalue weighted by Crippen LogP contribution is -2.30. The lowest BCUT2D eigenvalue weighted by Gasteiger charge is -2.20. The number of aromatic nitrogens is 2. The molecule has 0 unspecified atom stereocenters. The molecule has 2 fully saturated rings. The highest BCUT2D eigenvalue weighted by molar-refractivity contribution is 5.99. The van der Waals surface area contributed by atoms with E-state index in [9.17, 15) is 22.4 Å². The van der Waals surface area contributed by atoms with Crippen molar-refractivity contribution in [3.05, 3.63) is 65.1 Å². The van der Waals surface area contributed by atoms with Gasteiger partial charge in [-0.25, -0.2) is 9.37 Å². The predicted molar refractivity (Wildman–Crippen MR) is 144 cm³/mol. The number of halogens is 4. The maximum atomic E-state index is 14.0. The van der Waals surface area contributed by atoms with Gasteiger partial charge in [-0.15, -0.1) is 0 Å². The lowest BCUT2D eigenvalue weighted by molar-refractivity contribution is -0.151. The minimum atomic E-state index is -4.52. The van der Waals surface area contributed by atoms with E-state index in [4.69, 9.17) is 24.6 Å². The molecule has 2 aromatic heterocycles. The van der Waals surface area contributed by atoms with Gasteiger partial charge < -0.3 is 24.9 Å². The number of nitrogens with zero attached hydrogens (tertiary/aromatic N) is 2. The third-order valence-electron chi connectivity index (χ3n) is 7.91. The quantitative estimate of drug-likeness (QED) is 0.241. The molecule has 3 heterocycles. The number of carbonyl (C=O) groups excluding carboxylic acids is 1. The second kappa shape index (κ2) is 9.88. The number of nitrogens with two attached hydrogens (primary N) is 1. The largest absolute Gasteiger partial charge is 0.490 e. The first-order valence-corrected chi connectivity index (χ1v) is 13.8. The summed E-state index contributed by atoms with van der Waals surface area (Å²) in [7, 11) is 0. The fourth-order valence-electron chi connectivity index (χ4n) is 5.42. The van der Waals surface area contributed by atoms with E-state index in [0.29, 0.717) is 28.1 Å². The average molecular weight is 583 g/mol. The highest BCUT2D eigenvalue weighted by atomic mass is 19.4. The normalized spacial score (nSPS) is 18.9. The number of nitrogens with one attached hydrogen (secondary N) is 1. The summed E-state index contributed by atoms with van der Waals surface area (Å²) in [5.74, 6) is -2.45. The van der Waals surface area contributed by atoms with Crippen LogP contribution in [-0.4, -0.2) is 41.3 Å². The van der Waals surface area contributed by atoms with Crippen molar-refractivity contribution in [2.45, 2.75) is 49.8 Å². The first-order chi connectivity index (χ1) is 20.1. The Balaban J connectivity index is 1.21. The van der Waals surface area contributed by atoms with Crippen molar-refractivity contribution in [1.82, 2.24) is 15.3 Å². The molecule has 0 bridgehead atoms. The van der Waals surface area contributed by atoms with Gasteiger partial charge in [-0.1, -0.05) is 0 Å². The molecule has 4 aromatic rings. The number of nitrogen functional groups attached to an aromatic ring is 1. The van der Waals surface area contributed by atoms with E-state index in [1.165, 1.54) is 36.4 Å². The number of anilines is 1. The lowest BCUT2D eigenvalue weighted by atomic mass is 9.92. The van der Waals surface area contributed by atoms with Crippen molar-refractivity contribution in [1.29, 1.82) is 0 Å². The summed E-state index contributed by atoms with van der Waals surface area (Å²) in [4.78, 5) is 22.2. The van der Waals surface area contributed by atoms with E-state index in [0.717, 1.165) is 25.7 Å². The van der Waals surface area contributed by atoms with E-state index in [-0.39, 0.29) is 53.1 Å². The molecule has 2 saturated carbocycles. The van der Waals surface area contributed by atoms with Crippen LogP contribution in [0.4, 0.5) is 23.6 Å². The number of hydrogen-bond donors (Lipinski definition) is 2. The van der Waals surface area contributed by atoms with Crippen molar-refractivity contribution in [3.8, 4) is 22.8 Å². The van der Waals surface area contributed by atoms with E-state index in [2.05, 4.69) is 10.3 Å². The van der Waals surface area contributed by atoms with Crippen LogP contribution in [0, 0.1) is 11.7 Å². The van der Waals surface area contributed by atoms with Gasteiger partial charge in [0.15, 0.2) is 11.1 Å². The van der Waals surface area contributed by atoms with E-state index < -0.39 is 30.4 Å². The summed E-state index contributed by atoms with van der Waals surface area (Å²) in [5.41, 5.74) is 7.85. The summed E-state index contributed by atoms with van der Waals surface area (Å²) >= 11 is 0. The monoisotopic (exact) mass is 582 g/mol. The molecule has 218 valence electrons. The Morgan fingerprint density at radius 2 is 1.86 bits per heavy atom. The number of benzene rings is 2. The highest BCUT2D eigenvalue weighted by Crippen LogP contribution is 2.50. The zero-order chi connectivity index (χ0) is 29.2. The second-order valence-corrected chi connectivity index (χ2v) is 11.1. The minimum absolute atomic E-state index is 0.000900. The Bertz CT molecular complexity index is 1680. The highest BCUT2D eigenvalue weighted by Gasteiger charge is 2.47. The zero-order valence-electron chi connectivity index (χ0n) is 22.2. The number of rotatable bonds is 8. The number of pyridine rings is 1. The molecule has 2 aromatic carbocycles. The molecule has 3 aliphatic rings. The van der Waals surface area contributed by atoms with Crippen molar-refractivity contribution in [3.63, 3.8) is 0 Å². The van der Waals surface area contributed by atoms with Gasteiger partial charge in [-0.3, -0.25) is 4.79 Å². The zero-order valence-corrected chi connectivity index (χ0v) is 22.2. The van der Waals surface area contributed by atoms with Crippen LogP contribution in [-0.2, 0) is 0 Å². The predicted octanol–water partition coefficient (Wildman–Crippen LogP) is 6.11. The Morgan fingerprint density at radius 1 is 1.10 bits per heavy atom. The summed E-state index contributed by atoms with van der Waals surface area (Å²) in [6.45, 7) is -0.409. The maximum Gasteiger partial charge on any atom is 0.399 e. The summed E-state index contributed by atoms with van der Waals surface area (Å²) < 4.78 is 72.4. The molecule has 1 amide bonds. The van der Waals surface area contributed by atoms with Gasteiger partial charge in [0.25, 0.3) is 11.9 Å². The standard InChI is InChI=1S/C30H26F4N4O4/c31-17-5-3-15(4-6-17)25-27-19(21(13-40-27)30(32,33)34)11-22(37-25)20(14-1-2-14)12-36-28(39)16-9-23(41-18-7-8-18)26-24(10-16)42-29(35)38-26/h3-6,9-11,14,18,20-21H,1-2,7-8,12-13H2,(H2,35,38)(H,36,39)/t20-,21+/m0/s1. The number of fused-ring (bicyclic) bond motifs is 2. The Hall–Kier alpha value is -4.35. The molecular weight excluding hydrogens is 556 g/mol. The van der Waals surface area contributed by atoms with E-state index in [1.54, 1.807) is 6.07 Å². The van der Waals surface area contributed by atoms with Crippen LogP contribution >= 0.6 is 0 Å².